The summed E-state index contributed by atoms with van der Waals surface area (Å²) in [5.74, 6) is 0.486. The summed E-state index contributed by atoms with van der Waals surface area (Å²) in [5.41, 5.74) is 0.994. The highest BCUT2D eigenvalue weighted by molar-refractivity contribution is 7.09. The van der Waals surface area contributed by atoms with Crippen LogP contribution in [-0.2, 0) is 0 Å². The molecular weight excluding hydrogens is 310 g/mol. The Bertz CT molecular complexity index is 614. The van der Waals surface area contributed by atoms with Gasteiger partial charge < -0.3 is 15.7 Å². The Morgan fingerprint density at radius 2 is 2.09 bits per heavy atom. The van der Waals surface area contributed by atoms with Crippen molar-refractivity contribution in [1.82, 2.24) is 15.6 Å². The monoisotopic (exact) mass is 331 g/mol. The van der Waals surface area contributed by atoms with E-state index in [1.807, 2.05) is 35.7 Å². The van der Waals surface area contributed by atoms with Crippen molar-refractivity contribution in [3.63, 3.8) is 0 Å². The van der Waals surface area contributed by atoms with Gasteiger partial charge in [-0.2, -0.15) is 0 Å². The fraction of sp³-hybridized carbons (Fsp3) is 0.412. The summed E-state index contributed by atoms with van der Waals surface area (Å²) >= 11 is 1.57. The first-order valence-electron chi connectivity index (χ1n) is 7.90. The van der Waals surface area contributed by atoms with Crippen LogP contribution in [0.2, 0.25) is 0 Å². The van der Waals surface area contributed by atoms with E-state index in [4.69, 9.17) is 0 Å². The summed E-state index contributed by atoms with van der Waals surface area (Å²) in [5, 5.41) is 18.2. The largest absolute Gasteiger partial charge is 0.396 e. The van der Waals surface area contributed by atoms with Gasteiger partial charge in [-0.15, -0.1) is 11.3 Å². The molecule has 23 heavy (non-hydrogen) atoms. The van der Waals surface area contributed by atoms with Crippen LogP contribution < -0.4 is 10.6 Å². The van der Waals surface area contributed by atoms with Crippen LogP contribution in [0.15, 0.2) is 41.9 Å². The van der Waals surface area contributed by atoms with Crippen LogP contribution in [0.25, 0.3) is 0 Å². The number of thiazole rings is 1. The lowest BCUT2D eigenvalue weighted by atomic mass is 10.0. The summed E-state index contributed by atoms with van der Waals surface area (Å²) in [6.45, 7) is 0.0262. The average Bonchev–Trinajstić information content (AvgIpc) is 3.27. The maximum atomic E-state index is 12.4. The lowest BCUT2D eigenvalue weighted by Crippen LogP contribution is -2.40. The molecular formula is C17H21N3O2S. The van der Waals surface area contributed by atoms with E-state index in [0.29, 0.717) is 12.3 Å². The zero-order valence-corrected chi connectivity index (χ0v) is 13.6. The molecule has 3 N–H and O–H groups in total. The highest BCUT2D eigenvalue weighted by Gasteiger charge is 2.35. The first kappa shape index (κ1) is 16.0. The first-order chi connectivity index (χ1) is 11.3. The second kappa shape index (κ2) is 7.57. The standard InChI is InChI=1S/C17H21N3O2S/c21-10-8-14(12-4-2-1-3-5-12)19-17(22)20-15(13-6-7-13)16-18-9-11-23-16/h1-5,9,11,13-15,21H,6-8,10H2,(H2,19,20,22)/t14-,15?/m1/s1. The average molecular weight is 331 g/mol. The van der Waals surface area contributed by atoms with Crippen molar-refractivity contribution in [3.8, 4) is 0 Å². The van der Waals surface area contributed by atoms with Crippen LogP contribution in [-0.4, -0.2) is 22.7 Å². The Kier molecular flexibility index (Phi) is 5.25. The van der Waals surface area contributed by atoms with E-state index in [0.717, 1.165) is 23.4 Å². The minimum Gasteiger partial charge on any atom is -0.396 e. The number of rotatable bonds is 7. The van der Waals surface area contributed by atoms with Gasteiger partial charge in [-0.1, -0.05) is 30.3 Å². The van der Waals surface area contributed by atoms with Gasteiger partial charge in [0.2, 0.25) is 0 Å². The molecule has 1 aromatic heterocycles. The fourth-order valence-electron chi connectivity index (χ4n) is 2.68. The van der Waals surface area contributed by atoms with Gasteiger partial charge in [0.25, 0.3) is 0 Å². The molecule has 1 aromatic carbocycles. The smallest absolute Gasteiger partial charge is 0.315 e. The molecule has 5 nitrogen and oxygen atoms in total. The number of carbonyl (C=O) groups excluding carboxylic acids is 1. The van der Waals surface area contributed by atoms with Crippen molar-refractivity contribution in [3.05, 3.63) is 52.5 Å². The summed E-state index contributed by atoms with van der Waals surface area (Å²) in [6.07, 6.45) is 4.52. The molecule has 1 unspecified atom stereocenters. The van der Waals surface area contributed by atoms with E-state index in [1.54, 1.807) is 17.5 Å². The predicted octanol–water partition coefficient (Wildman–Crippen LogP) is 3.02. The second-order valence-electron chi connectivity index (χ2n) is 5.78. The van der Waals surface area contributed by atoms with Gasteiger partial charge in [-0.3, -0.25) is 0 Å². The van der Waals surface area contributed by atoms with Crippen LogP contribution >= 0.6 is 11.3 Å². The maximum Gasteiger partial charge on any atom is 0.315 e. The van der Waals surface area contributed by atoms with E-state index < -0.39 is 0 Å². The van der Waals surface area contributed by atoms with Crippen LogP contribution in [0.3, 0.4) is 0 Å². The molecule has 1 saturated carbocycles. The Balaban J connectivity index is 1.64. The second-order valence-corrected chi connectivity index (χ2v) is 6.70. The SMILES string of the molecule is O=C(NC(c1nccs1)C1CC1)N[C@H](CCO)c1ccccc1. The first-order valence-corrected chi connectivity index (χ1v) is 8.78. The molecule has 122 valence electrons. The number of benzene rings is 1. The van der Waals surface area contributed by atoms with E-state index in [1.165, 1.54) is 0 Å². The van der Waals surface area contributed by atoms with Crippen LogP contribution in [0, 0.1) is 5.92 Å². The Labute approximate surface area is 139 Å². The number of nitrogens with zero attached hydrogens (tertiary/aromatic N) is 1. The topological polar surface area (TPSA) is 74.2 Å². The van der Waals surface area contributed by atoms with Crippen molar-refractivity contribution in [2.24, 2.45) is 5.92 Å². The van der Waals surface area contributed by atoms with Crippen molar-refractivity contribution < 1.29 is 9.90 Å². The Hall–Kier alpha value is -1.92. The number of amides is 2. The molecule has 2 aromatic rings. The van der Waals surface area contributed by atoms with Gasteiger partial charge in [0.1, 0.15) is 5.01 Å². The maximum absolute atomic E-state index is 12.4. The molecule has 1 heterocycles. The molecule has 3 rings (SSSR count). The Morgan fingerprint density at radius 1 is 1.30 bits per heavy atom. The number of aromatic nitrogens is 1. The minimum atomic E-state index is -0.209. The lowest BCUT2D eigenvalue weighted by molar-refractivity contribution is 0.224. The molecule has 0 radical (unpaired) electrons. The van der Waals surface area contributed by atoms with E-state index in [9.17, 15) is 9.90 Å². The number of carbonyl (C=O) groups is 1. The van der Waals surface area contributed by atoms with Gasteiger partial charge in [0, 0.05) is 18.2 Å². The third-order valence-electron chi connectivity index (χ3n) is 4.02. The third kappa shape index (κ3) is 4.30. The van der Waals surface area contributed by atoms with Crippen molar-refractivity contribution in [2.75, 3.05) is 6.61 Å². The number of aliphatic hydroxyl groups is 1. The van der Waals surface area contributed by atoms with Crippen molar-refractivity contribution >= 4 is 17.4 Å². The molecule has 0 aliphatic heterocycles. The van der Waals surface area contributed by atoms with Gasteiger partial charge in [0.15, 0.2) is 0 Å². The minimum absolute atomic E-state index is 0.0134. The van der Waals surface area contributed by atoms with Gasteiger partial charge >= 0.3 is 6.03 Å². The predicted molar refractivity (Wildman–Crippen MR) is 90.1 cm³/mol. The zero-order chi connectivity index (χ0) is 16.1. The molecule has 0 bridgehead atoms. The molecule has 1 aliphatic carbocycles. The highest BCUT2D eigenvalue weighted by Crippen LogP contribution is 2.41. The molecule has 1 aliphatic rings. The van der Waals surface area contributed by atoms with Gasteiger partial charge in [-0.05, 0) is 30.7 Å². The summed E-state index contributed by atoms with van der Waals surface area (Å²) in [7, 11) is 0. The number of hydrogen-bond acceptors (Lipinski definition) is 4. The molecule has 6 heteroatoms. The third-order valence-corrected chi connectivity index (χ3v) is 4.88. The number of hydrogen-bond donors (Lipinski definition) is 3. The van der Waals surface area contributed by atoms with E-state index in [2.05, 4.69) is 15.6 Å². The molecule has 0 spiro atoms. The van der Waals surface area contributed by atoms with Crippen molar-refractivity contribution in [1.29, 1.82) is 0 Å². The van der Waals surface area contributed by atoms with Crippen molar-refractivity contribution in [2.45, 2.75) is 31.3 Å². The molecule has 2 amide bonds. The number of aliphatic hydroxyl groups excluding tert-OH is 1. The van der Waals surface area contributed by atoms with Gasteiger partial charge in [-0.25, -0.2) is 9.78 Å². The Morgan fingerprint density at radius 3 is 2.70 bits per heavy atom. The summed E-state index contributed by atoms with van der Waals surface area (Å²) in [4.78, 5) is 16.8. The molecule has 2 atom stereocenters. The van der Waals surface area contributed by atoms with Gasteiger partial charge in [0.05, 0.1) is 12.1 Å². The highest BCUT2D eigenvalue weighted by atomic mass is 32.1. The van der Waals surface area contributed by atoms with E-state index in [-0.39, 0.29) is 24.7 Å². The summed E-state index contributed by atoms with van der Waals surface area (Å²) in [6, 6.07) is 9.30. The number of nitrogens with one attached hydrogen (secondary N) is 2. The number of urea groups is 1. The molecule has 1 fully saturated rings. The fourth-order valence-corrected chi connectivity index (χ4v) is 3.46. The quantitative estimate of drug-likeness (QED) is 0.730. The molecule has 0 saturated heterocycles. The zero-order valence-electron chi connectivity index (χ0n) is 12.8. The van der Waals surface area contributed by atoms with Crippen LogP contribution in [0.4, 0.5) is 4.79 Å². The van der Waals surface area contributed by atoms with Crippen LogP contribution in [0.1, 0.15) is 41.9 Å². The normalized spacial score (nSPS) is 16.6. The van der Waals surface area contributed by atoms with E-state index >= 15 is 0 Å². The summed E-state index contributed by atoms with van der Waals surface area (Å²) < 4.78 is 0. The lowest BCUT2D eigenvalue weighted by Gasteiger charge is -2.21. The van der Waals surface area contributed by atoms with Crippen LogP contribution in [0.5, 0.6) is 0 Å².